The molecule has 0 radical (unpaired) electrons. The Balaban J connectivity index is 2.40. The molecule has 0 aliphatic carbocycles. The molecule has 0 spiro atoms. The molecule has 0 heterocycles. The van der Waals surface area contributed by atoms with Gasteiger partial charge in [-0.2, -0.15) is 4.99 Å². The van der Waals surface area contributed by atoms with Crippen LogP contribution < -0.4 is 0 Å². The molecule has 0 aromatic carbocycles. The molecule has 0 saturated carbocycles. The van der Waals surface area contributed by atoms with Crippen LogP contribution in [0.15, 0.2) is 4.53 Å². The molecule has 0 aliphatic heterocycles. The van der Waals surface area contributed by atoms with Gasteiger partial charge in [0.05, 0.1) is 12.4 Å². The van der Waals surface area contributed by atoms with Crippen LogP contribution in [0, 0.1) is 0 Å². The highest BCUT2D eigenvalue weighted by Crippen LogP contribution is 1.64. The molecule has 30 valence electrons. The van der Waals surface area contributed by atoms with Gasteiger partial charge in [-0.3, -0.25) is 0 Å². The lowest BCUT2D eigenvalue weighted by atomic mass is 13.5. The van der Waals surface area contributed by atoms with Gasteiger partial charge in [0.2, 0.25) is 0 Å². The molecular formula is HNO3S. The molecule has 5 heavy (non-hydrogen) atoms. The Morgan fingerprint density at radius 2 is 2.40 bits per heavy atom. The number of nitrogens with zero attached hydrogens (tertiary/aromatic N) is 1. The Morgan fingerprint density at radius 3 is 2.40 bits per heavy atom. The summed E-state index contributed by atoms with van der Waals surface area (Å²) in [5, 5.41) is 10.1. The van der Waals surface area contributed by atoms with Crippen LogP contribution in [0.4, 0.5) is 0 Å². The van der Waals surface area contributed by atoms with Crippen LogP contribution in [0.1, 0.15) is 0 Å². The van der Waals surface area contributed by atoms with Crippen molar-refractivity contribution in [3.05, 3.63) is 0 Å². The van der Waals surface area contributed by atoms with Gasteiger partial charge in [-0.1, -0.05) is 0 Å². The van der Waals surface area contributed by atoms with Crippen molar-refractivity contribution in [2.24, 2.45) is 4.53 Å². The highest BCUT2D eigenvalue weighted by molar-refractivity contribution is 7.47. The third-order valence-corrected chi connectivity index (χ3v) is 0.125. The van der Waals surface area contributed by atoms with Gasteiger partial charge in [-0.05, 0) is 0 Å². The summed E-state index contributed by atoms with van der Waals surface area (Å²) in [4.78, 5) is 3.33. The maximum absolute atomic E-state index is 7.18. The Labute approximate surface area is 33.3 Å². The SMILES string of the molecule is OOON=S. The lowest BCUT2D eigenvalue weighted by Gasteiger charge is -1.75. The van der Waals surface area contributed by atoms with Gasteiger partial charge in [0, 0.05) is 9.56 Å². The van der Waals surface area contributed by atoms with Crippen molar-refractivity contribution in [3.63, 3.8) is 0 Å². The Kier molecular flexibility index (Phi) is 3.55. The smallest absolute Gasteiger partial charge is 0.0877 e. The largest absolute Gasteiger partial charge is 0.209 e. The van der Waals surface area contributed by atoms with E-state index < -0.39 is 0 Å². The van der Waals surface area contributed by atoms with Crippen molar-refractivity contribution >= 4 is 12.4 Å². The summed E-state index contributed by atoms with van der Waals surface area (Å²) >= 11 is 3.77. The molecule has 1 N–H and O–H groups in total. The average Bonchev–Trinajstić information content (AvgIpc) is 1.41. The summed E-state index contributed by atoms with van der Waals surface area (Å²) < 4.78 is 2.47. The normalized spacial score (nSPS) is 6.60. The summed E-state index contributed by atoms with van der Waals surface area (Å²) in [6.45, 7) is 0. The predicted molar refractivity (Wildman–Crippen MR) is 14.6 cm³/mol. The van der Waals surface area contributed by atoms with Gasteiger partial charge in [0.1, 0.15) is 0 Å². The lowest BCUT2D eigenvalue weighted by molar-refractivity contribution is -0.491. The Morgan fingerprint density at radius 1 is 1.80 bits per heavy atom. The first-order valence-electron chi connectivity index (χ1n) is 0.714. The van der Waals surface area contributed by atoms with Crippen molar-refractivity contribution in [3.8, 4) is 0 Å². The summed E-state index contributed by atoms with van der Waals surface area (Å²) in [5.41, 5.74) is 0. The standard InChI is InChI=1S/HNO3S/c2-4-3-1-5/h2H. The Hall–Kier alpha value is -0.260. The highest BCUT2D eigenvalue weighted by Gasteiger charge is 1.60. The fourth-order valence-electron chi connectivity index (χ4n) is 0.0136. The lowest BCUT2D eigenvalue weighted by Crippen LogP contribution is -1.73. The van der Waals surface area contributed by atoms with Gasteiger partial charge in [0.25, 0.3) is 0 Å². The van der Waals surface area contributed by atoms with Gasteiger partial charge in [-0.25, -0.2) is 5.26 Å². The number of hydrogen-bond donors (Lipinski definition) is 1. The van der Waals surface area contributed by atoms with Gasteiger partial charge < -0.3 is 0 Å². The minimum absolute atomic E-state index is 2.47. The maximum Gasteiger partial charge on any atom is 0.0877 e. The third-order valence-electron chi connectivity index (χ3n) is 0.0638. The zero-order valence-electron chi connectivity index (χ0n) is 2.12. The zero-order chi connectivity index (χ0) is 4.12. The summed E-state index contributed by atoms with van der Waals surface area (Å²) in [7, 11) is 0. The molecule has 4 nitrogen and oxygen atoms in total. The molecule has 0 atom stereocenters. The predicted octanol–water partition coefficient (Wildman–Crippen LogP) is 0.0531. The summed E-state index contributed by atoms with van der Waals surface area (Å²) in [5.74, 6) is 0. The molecule has 0 aromatic heterocycles. The van der Waals surface area contributed by atoms with Crippen molar-refractivity contribution < 1.29 is 15.3 Å². The first-order valence-corrected chi connectivity index (χ1v) is 1.08. The second-order valence-corrected chi connectivity index (χ2v) is 0.373. The van der Waals surface area contributed by atoms with Crippen LogP contribution in [-0.2, 0) is 22.5 Å². The zero-order valence-corrected chi connectivity index (χ0v) is 2.94. The van der Waals surface area contributed by atoms with Gasteiger partial charge in [-0.15, -0.1) is 0 Å². The van der Waals surface area contributed by atoms with Crippen LogP contribution in [0.3, 0.4) is 0 Å². The van der Waals surface area contributed by atoms with E-state index in [2.05, 4.69) is 27.0 Å². The van der Waals surface area contributed by atoms with E-state index >= 15 is 0 Å². The van der Waals surface area contributed by atoms with E-state index in [-0.39, 0.29) is 0 Å². The number of hydrogen-bond acceptors (Lipinski definition) is 5. The van der Waals surface area contributed by atoms with E-state index in [1.54, 1.807) is 0 Å². The molecule has 0 saturated heterocycles. The quantitative estimate of drug-likeness (QED) is 0.389. The average molecular weight is 95.1 g/mol. The van der Waals surface area contributed by atoms with Crippen LogP contribution >= 0.6 is 0 Å². The third kappa shape index (κ3) is 3.74. The molecule has 5 heteroatoms. The van der Waals surface area contributed by atoms with E-state index in [0.717, 1.165) is 0 Å². The van der Waals surface area contributed by atoms with Crippen molar-refractivity contribution in [1.29, 1.82) is 0 Å². The monoisotopic (exact) mass is 95.0 g/mol. The van der Waals surface area contributed by atoms with Gasteiger partial charge >= 0.3 is 0 Å². The van der Waals surface area contributed by atoms with Crippen LogP contribution in [-0.4, -0.2) is 5.26 Å². The topological polar surface area (TPSA) is 51.0 Å². The highest BCUT2D eigenvalue weighted by atomic mass is 32.1. The fraction of sp³-hybridized carbons (Fsp3) is 0. The van der Waals surface area contributed by atoms with Crippen molar-refractivity contribution in [2.45, 2.75) is 0 Å². The molecular weight excluding hydrogens is 94.1 g/mol. The van der Waals surface area contributed by atoms with E-state index in [1.165, 1.54) is 0 Å². The second-order valence-electron chi connectivity index (χ2n) is 0.224. The first-order chi connectivity index (χ1) is 2.41. The minimum atomic E-state index is 2.47. The molecule has 0 bridgehead atoms. The van der Waals surface area contributed by atoms with E-state index in [0.29, 0.717) is 0 Å². The molecule has 0 fully saturated rings. The summed E-state index contributed by atoms with van der Waals surface area (Å²) in [6.07, 6.45) is 0. The molecule has 0 aromatic rings. The fourth-order valence-corrected chi connectivity index (χ4v) is 0.0408. The van der Waals surface area contributed by atoms with Crippen molar-refractivity contribution in [2.75, 3.05) is 0 Å². The van der Waals surface area contributed by atoms with E-state index in [9.17, 15) is 0 Å². The number of rotatable bonds is 2. The maximum atomic E-state index is 7.18. The summed E-state index contributed by atoms with van der Waals surface area (Å²) in [6, 6.07) is 0. The van der Waals surface area contributed by atoms with Crippen LogP contribution in [0.5, 0.6) is 0 Å². The molecule has 0 aliphatic rings. The van der Waals surface area contributed by atoms with E-state index in [1.807, 2.05) is 0 Å². The minimum Gasteiger partial charge on any atom is -0.209 e. The van der Waals surface area contributed by atoms with Crippen LogP contribution in [0.2, 0.25) is 0 Å². The Bertz CT molecular complexity index is 28.1. The molecule has 0 amide bonds. The van der Waals surface area contributed by atoms with Gasteiger partial charge in [0.15, 0.2) is 0 Å². The molecule has 0 rings (SSSR count). The van der Waals surface area contributed by atoms with Crippen LogP contribution in [0.25, 0.3) is 0 Å². The second kappa shape index (κ2) is 3.74. The molecule has 0 unspecified atom stereocenters. The van der Waals surface area contributed by atoms with Crippen molar-refractivity contribution in [1.82, 2.24) is 0 Å². The van der Waals surface area contributed by atoms with E-state index in [4.69, 9.17) is 5.26 Å². The first kappa shape index (κ1) is 4.74.